The number of anilines is 1. The van der Waals surface area contributed by atoms with Crippen molar-refractivity contribution in [3.8, 4) is 45.4 Å². The molecule has 6 heterocycles. The summed E-state index contributed by atoms with van der Waals surface area (Å²) in [6.07, 6.45) is 6.85. The zero-order valence-corrected chi connectivity index (χ0v) is 21.9. The summed E-state index contributed by atoms with van der Waals surface area (Å²) in [7, 11) is 0. The van der Waals surface area contributed by atoms with Gasteiger partial charge >= 0.3 is 0 Å². The summed E-state index contributed by atoms with van der Waals surface area (Å²) in [5.41, 5.74) is 6.81. The zero-order valence-electron chi connectivity index (χ0n) is 21.9. The van der Waals surface area contributed by atoms with Crippen molar-refractivity contribution >= 4 is 33.7 Å². The summed E-state index contributed by atoms with van der Waals surface area (Å²) >= 11 is 0. The van der Waals surface area contributed by atoms with Crippen LogP contribution in [-0.2, 0) is 4.79 Å². The third-order valence-electron chi connectivity index (χ3n) is 6.68. The van der Waals surface area contributed by atoms with Crippen molar-refractivity contribution in [2.75, 3.05) is 12.1 Å². The molecule has 0 bridgehead atoms. The van der Waals surface area contributed by atoms with E-state index in [2.05, 4.69) is 30.5 Å². The van der Waals surface area contributed by atoms with Crippen molar-refractivity contribution in [2.45, 2.75) is 20.8 Å². The SMILES string of the molecule is CC(C)(C)C(=O)Nc1cncc(-c2ccc3[nH]nc(-c4nc5c(-c6ccc7c(c6)OCO7)cncc5[nH]4)c3n2)c1. The van der Waals surface area contributed by atoms with Crippen LogP contribution in [0.15, 0.2) is 61.2 Å². The summed E-state index contributed by atoms with van der Waals surface area (Å²) < 4.78 is 11.0. The van der Waals surface area contributed by atoms with Crippen molar-refractivity contribution in [3.63, 3.8) is 0 Å². The fourth-order valence-electron chi connectivity index (χ4n) is 4.51. The van der Waals surface area contributed by atoms with Crippen LogP contribution < -0.4 is 14.8 Å². The number of rotatable bonds is 4. The van der Waals surface area contributed by atoms with Gasteiger partial charge < -0.3 is 19.8 Å². The number of benzene rings is 1. The number of aromatic nitrogens is 7. The third-order valence-corrected chi connectivity index (χ3v) is 6.68. The van der Waals surface area contributed by atoms with E-state index in [-0.39, 0.29) is 12.7 Å². The molecule has 7 rings (SSSR count). The smallest absolute Gasteiger partial charge is 0.231 e. The van der Waals surface area contributed by atoms with Crippen LogP contribution in [0.5, 0.6) is 11.5 Å². The summed E-state index contributed by atoms with van der Waals surface area (Å²) in [5.74, 6) is 1.88. The summed E-state index contributed by atoms with van der Waals surface area (Å²) in [5, 5.41) is 10.5. The van der Waals surface area contributed by atoms with Crippen molar-refractivity contribution in [1.82, 2.24) is 35.1 Å². The molecule has 0 radical (unpaired) electrons. The number of H-pyrrole nitrogens is 2. The van der Waals surface area contributed by atoms with Crippen LogP contribution in [0.25, 0.3) is 56.0 Å². The lowest BCUT2D eigenvalue weighted by molar-refractivity contribution is -0.123. The number of fused-ring (bicyclic) bond motifs is 3. The highest BCUT2D eigenvalue weighted by molar-refractivity contribution is 5.97. The number of carbonyl (C=O) groups excluding carboxylic acids is 1. The number of carbonyl (C=O) groups is 1. The second-order valence-electron chi connectivity index (χ2n) is 10.6. The first-order valence-corrected chi connectivity index (χ1v) is 12.7. The van der Waals surface area contributed by atoms with Crippen LogP contribution in [0.2, 0.25) is 0 Å². The van der Waals surface area contributed by atoms with Crippen LogP contribution in [0.1, 0.15) is 20.8 Å². The zero-order chi connectivity index (χ0) is 27.4. The van der Waals surface area contributed by atoms with Crippen LogP contribution >= 0.6 is 0 Å². The fraction of sp³-hybridized carbons (Fsp3) is 0.172. The summed E-state index contributed by atoms with van der Waals surface area (Å²) in [6, 6.07) is 11.4. The van der Waals surface area contributed by atoms with Gasteiger partial charge in [0.1, 0.15) is 5.52 Å². The van der Waals surface area contributed by atoms with Crippen LogP contribution in [0, 0.1) is 5.41 Å². The Balaban J connectivity index is 1.27. The molecule has 40 heavy (non-hydrogen) atoms. The Morgan fingerprint density at radius 2 is 1.73 bits per heavy atom. The molecule has 0 atom stereocenters. The number of hydrogen-bond acceptors (Lipinski definition) is 8. The maximum Gasteiger partial charge on any atom is 0.231 e. The van der Waals surface area contributed by atoms with E-state index in [0.29, 0.717) is 39.9 Å². The van der Waals surface area contributed by atoms with E-state index in [4.69, 9.17) is 19.4 Å². The van der Waals surface area contributed by atoms with Gasteiger partial charge in [-0.1, -0.05) is 26.8 Å². The second-order valence-corrected chi connectivity index (χ2v) is 10.6. The maximum atomic E-state index is 12.5. The van der Waals surface area contributed by atoms with E-state index in [1.165, 1.54) is 0 Å². The highest BCUT2D eigenvalue weighted by atomic mass is 16.7. The highest BCUT2D eigenvalue weighted by Gasteiger charge is 2.22. The molecule has 11 nitrogen and oxygen atoms in total. The Bertz CT molecular complexity index is 1940. The average molecular weight is 533 g/mol. The minimum Gasteiger partial charge on any atom is -0.454 e. The maximum absolute atomic E-state index is 12.5. The van der Waals surface area contributed by atoms with Gasteiger partial charge in [-0.25, -0.2) is 9.97 Å². The molecule has 0 fully saturated rings. The molecular weight excluding hydrogens is 508 g/mol. The first-order chi connectivity index (χ1) is 19.3. The molecule has 1 amide bonds. The van der Waals surface area contributed by atoms with E-state index in [0.717, 1.165) is 33.2 Å². The Labute approximate surface area is 228 Å². The van der Waals surface area contributed by atoms with Crippen molar-refractivity contribution in [3.05, 3.63) is 61.2 Å². The molecule has 5 aromatic heterocycles. The molecule has 0 saturated carbocycles. The van der Waals surface area contributed by atoms with Gasteiger partial charge in [0.25, 0.3) is 0 Å². The highest BCUT2D eigenvalue weighted by Crippen LogP contribution is 2.38. The van der Waals surface area contributed by atoms with E-state index < -0.39 is 5.41 Å². The van der Waals surface area contributed by atoms with Gasteiger partial charge in [-0.2, -0.15) is 5.10 Å². The van der Waals surface area contributed by atoms with Gasteiger partial charge in [0.15, 0.2) is 23.0 Å². The van der Waals surface area contributed by atoms with Crippen LogP contribution in [0.4, 0.5) is 5.69 Å². The predicted molar refractivity (Wildman–Crippen MR) is 150 cm³/mol. The molecule has 198 valence electrons. The fourth-order valence-corrected chi connectivity index (χ4v) is 4.51. The van der Waals surface area contributed by atoms with E-state index in [9.17, 15) is 4.79 Å². The number of hydrogen-bond donors (Lipinski definition) is 3. The minimum atomic E-state index is -0.524. The molecule has 1 aliphatic rings. The van der Waals surface area contributed by atoms with Gasteiger partial charge in [-0.05, 0) is 35.9 Å². The van der Waals surface area contributed by atoms with E-state index >= 15 is 0 Å². The lowest BCUT2D eigenvalue weighted by Gasteiger charge is -2.17. The number of pyridine rings is 3. The molecule has 3 N–H and O–H groups in total. The minimum absolute atomic E-state index is 0.0912. The van der Waals surface area contributed by atoms with Crippen molar-refractivity contribution in [2.24, 2.45) is 5.41 Å². The van der Waals surface area contributed by atoms with Crippen molar-refractivity contribution < 1.29 is 14.3 Å². The first kappa shape index (κ1) is 23.8. The molecular formula is C29H24N8O3. The quantitative estimate of drug-likeness (QED) is 0.276. The van der Waals surface area contributed by atoms with E-state index in [1.807, 2.05) is 57.2 Å². The molecule has 0 unspecified atom stereocenters. The number of nitrogens with zero attached hydrogens (tertiary/aromatic N) is 5. The van der Waals surface area contributed by atoms with Gasteiger partial charge in [-0.3, -0.25) is 19.9 Å². The van der Waals surface area contributed by atoms with Crippen LogP contribution in [-0.4, -0.2) is 47.8 Å². The third kappa shape index (κ3) is 4.08. The normalized spacial score (nSPS) is 12.8. The molecule has 0 spiro atoms. The number of aromatic amines is 2. The molecule has 11 heteroatoms. The Hall–Kier alpha value is -5.32. The average Bonchev–Trinajstić information content (AvgIpc) is 3.69. The topological polar surface area (TPSA) is 144 Å². The Morgan fingerprint density at radius 3 is 2.60 bits per heavy atom. The van der Waals surface area contributed by atoms with Gasteiger partial charge in [0, 0.05) is 28.9 Å². The lowest BCUT2D eigenvalue weighted by atomic mass is 9.95. The molecule has 0 saturated heterocycles. The van der Waals surface area contributed by atoms with E-state index in [1.54, 1.807) is 24.8 Å². The first-order valence-electron chi connectivity index (χ1n) is 12.7. The molecule has 1 aliphatic heterocycles. The Morgan fingerprint density at radius 1 is 0.875 bits per heavy atom. The number of nitrogens with one attached hydrogen (secondary N) is 3. The Kier molecular flexibility index (Phi) is 5.27. The number of amides is 1. The summed E-state index contributed by atoms with van der Waals surface area (Å²) in [4.78, 5) is 34.3. The standard InChI is InChI=1S/C29H24N8O3/c1-29(2,3)28(38)32-17-8-16(10-30-11-17)19-5-6-20-25(33-19)26(37-36-20)27-34-21-13-31-12-18(24(21)35-27)15-4-7-22-23(9-15)40-14-39-22/h4-13H,14H2,1-3H3,(H,32,38)(H,34,35)(H,36,37). The van der Waals surface area contributed by atoms with Gasteiger partial charge in [0.05, 0.1) is 40.3 Å². The molecule has 6 aromatic rings. The lowest BCUT2D eigenvalue weighted by Crippen LogP contribution is -2.27. The second kappa shape index (κ2) is 8.87. The van der Waals surface area contributed by atoms with Crippen LogP contribution in [0.3, 0.4) is 0 Å². The molecule has 1 aromatic carbocycles. The number of imidazole rings is 1. The predicted octanol–water partition coefficient (Wildman–Crippen LogP) is 5.34. The monoisotopic (exact) mass is 532 g/mol. The van der Waals surface area contributed by atoms with Gasteiger partial charge in [-0.15, -0.1) is 0 Å². The largest absolute Gasteiger partial charge is 0.454 e. The van der Waals surface area contributed by atoms with Crippen molar-refractivity contribution in [1.29, 1.82) is 0 Å². The number of ether oxygens (including phenoxy) is 2. The van der Waals surface area contributed by atoms with Gasteiger partial charge in [0.2, 0.25) is 12.7 Å². The molecule has 0 aliphatic carbocycles. The summed E-state index contributed by atoms with van der Waals surface area (Å²) in [6.45, 7) is 5.80.